The number of benzene rings is 1. The van der Waals surface area contributed by atoms with Crippen LogP contribution in [0.2, 0.25) is 0 Å². The van der Waals surface area contributed by atoms with E-state index in [4.69, 9.17) is 0 Å². The lowest BCUT2D eigenvalue weighted by atomic mass is 10.1. The van der Waals surface area contributed by atoms with Crippen LogP contribution in [-0.4, -0.2) is 20.3 Å². The molecule has 1 amide bonds. The number of carbonyl (C=O) groups excluding carboxylic acids is 1. The first-order valence-corrected chi connectivity index (χ1v) is 7.99. The van der Waals surface area contributed by atoms with Crippen molar-refractivity contribution in [1.82, 2.24) is 19.7 Å². The van der Waals surface area contributed by atoms with E-state index in [0.717, 1.165) is 18.2 Å². The molecule has 2 aromatic heterocycles. The number of halogens is 3. The molecular weight excluding hydrogens is 359 g/mol. The summed E-state index contributed by atoms with van der Waals surface area (Å²) in [6.45, 7) is 3.70. The Morgan fingerprint density at radius 1 is 1.30 bits per heavy atom. The minimum atomic E-state index is -4.39. The molecule has 2 N–H and O–H groups in total. The van der Waals surface area contributed by atoms with Gasteiger partial charge in [-0.15, -0.1) is 0 Å². The van der Waals surface area contributed by atoms with E-state index in [-0.39, 0.29) is 19.0 Å². The Morgan fingerprint density at radius 3 is 2.85 bits per heavy atom. The molecule has 9 heteroatoms. The number of anilines is 1. The quantitative estimate of drug-likeness (QED) is 0.650. The van der Waals surface area contributed by atoms with Gasteiger partial charge in [0.15, 0.2) is 11.5 Å². The predicted octanol–water partition coefficient (Wildman–Crippen LogP) is 3.16. The van der Waals surface area contributed by atoms with Crippen molar-refractivity contribution in [2.45, 2.75) is 19.3 Å². The van der Waals surface area contributed by atoms with E-state index in [1.54, 1.807) is 29.1 Å². The highest BCUT2D eigenvalue weighted by Gasteiger charge is 2.30. The Balaban J connectivity index is 1.81. The van der Waals surface area contributed by atoms with Crippen LogP contribution in [0.3, 0.4) is 0 Å². The standard InChI is InChI=1S/C18H16F3N5O/c1-2-15(27)23-10-14-11-26-7-6-22-17(26)16(25-14)24-9-12-4-3-5-13(8-12)18(19,20)21/h2-8,11H,1,9-10H2,(H,23,27)(H,24,25). The maximum Gasteiger partial charge on any atom is 0.416 e. The van der Waals surface area contributed by atoms with Gasteiger partial charge in [-0.25, -0.2) is 9.97 Å². The molecule has 0 bridgehead atoms. The number of hydrogen-bond donors (Lipinski definition) is 2. The highest BCUT2D eigenvalue weighted by Crippen LogP contribution is 2.29. The van der Waals surface area contributed by atoms with E-state index in [2.05, 4.69) is 27.2 Å². The molecule has 3 rings (SSSR count). The van der Waals surface area contributed by atoms with Crippen LogP contribution in [0, 0.1) is 0 Å². The number of nitrogens with zero attached hydrogens (tertiary/aromatic N) is 3. The van der Waals surface area contributed by atoms with Crippen molar-refractivity contribution in [3.8, 4) is 0 Å². The zero-order valence-electron chi connectivity index (χ0n) is 14.1. The van der Waals surface area contributed by atoms with Crippen LogP contribution in [0.25, 0.3) is 5.65 Å². The molecule has 0 aliphatic carbocycles. The molecule has 6 nitrogen and oxygen atoms in total. The Labute approximate surface area is 152 Å². The molecule has 0 aliphatic heterocycles. The van der Waals surface area contributed by atoms with E-state index in [0.29, 0.717) is 22.7 Å². The van der Waals surface area contributed by atoms with E-state index in [1.165, 1.54) is 6.07 Å². The fraction of sp³-hybridized carbons (Fsp3) is 0.167. The molecule has 3 aromatic rings. The Bertz CT molecular complexity index is 981. The number of amides is 1. The summed E-state index contributed by atoms with van der Waals surface area (Å²) >= 11 is 0. The van der Waals surface area contributed by atoms with E-state index in [1.807, 2.05) is 0 Å². The molecule has 0 radical (unpaired) electrons. The molecule has 140 valence electrons. The maximum atomic E-state index is 12.8. The lowest BCUT2D eigenvalue weighted by Gasteiger charge is -2.12. The van der Waals surface area contributed by atoms with Gasteiger partial charge in [0.05, 0.1) is 17.8 Å². The van der Waals surface area contributed by atoms with Gasteiger partial charge in [0.1, 0.15) is 0 Å². The summed E-state index contributed by atoms with van der Waals surface area (Å²) in [7, 11) is 0. The number of aromatic nitrogens is 3. The average Bonchev–Trinajstić information content (AvgIpc) is 3.12. The SMILES string of the molecule is C=CC(=O)NCc1cn2ccnc2c(NCc2cccc(C(F)(F)F)c2)n1. The minimum absolute atomic E-state index is 0.141. The van der Waals surface area contributed by atoms with Gasteiger partial charge in [0, 0.05) is 25.1 Å². The molecule has 1 aromatic carbocycles. The molecule has 2 heterocycles. The van der Waals surface area contributed by atoms with Gasteiger partial charge in [-0.05, 0) is 23.8 Å². The monoisotopic (exact) mass is 375 g/mol. The number of rotatable bonds is 6. The number of nitrogens with one attached hydrogen (secondary N) is 2. The summed E-state index contributed by atoms with van der Waals surface area (Å²) in [6, 6.07) is 5.07. The van der Waals surface area contributed by atoms with E-state index >= 15 is 0 Å². The lowest BCUT2D eigenvalue weighted by molar-refractivity contribution is -0.137. The molecular formula is C18H16F3N5O. The summed E-state index contributed by atoms with van der Waals surface area (Å²) in [5.74, 6) is 0.0729. The Morgan fingerprint density at radius 2 is 2.11 bits per heavy atom. The molecule has 0 unspecified atom stereocenters. The highest BCUT2D eigenvalue weighted by atomic mass is 19.4. The molecule has 0 fully saturated rings. The summed E-state index contributed by atoms with van der Waals surface area (Å²) in [4.78, 5) is 19.9. The lowest BCUT2D eigenvalue weighted by Crippen LogP contribution is -2.21. The average molecular weight is 375 g/mol. The van der Waals surface area contributed by atoms with Crippen LogP contribution in [0.4, 0.5) is 19.0 Å². The van der Waals surface area contributed by atoms with Crippen LogP contribution in [0.15, 0.2) is 55.5 Å². The van der Waals surface area contributed by atoms with Gasteiger partial charge in [-0.3, -0.25) is 4.79 Å². The van der Waals surface area contributed by atoms with Gasteiger partial charge >= 0.3 is 6.18 Å². The third kappa shape index (κ3) is 4.43. The number of alkyl halides is 3. The zero-order valence-corrected chi connectivity index (χ0v) is 14.1. The zero-order chi connectivity index (χ0) is 19.4. The van der Waals surface area contributed by atoms with Gasteiger partial charge in [0.25, 0.3) is 0 Å². The van der Waals surface area contributed by atoms with Crippen LogP contribution in [-0.2, 0) is 24.1 Å². The third-order valence-corrected chi connectivity index (χ3v) is 3.77. The van der Waals surface area contributed by atoms with E-state index < -0.39 is 11.7 Å². The van der Waals surface area contributed by atoms with Crippen molar-refractivity contribution in [1.29, 1.82) is 0 Å². The van der Waals surface area contributed by atoms with Crippen LogP contribution < -0.4 is 10.6 Å². The number of carbonyl (C=O) groups is 1. The molecule has 0 saturated heterocycles. The van der Waals surface area contributed by atoms with Crippen molar-refractivity contribution >= 4 is 17.4 Å². The maximum absolute atomic E-state index is 12.8. The molecule has 0 saturated carbocycles. The molecule has 27 heavy (non-hydrogen) atoms. The fourth-order valence-corrected chi connectivity index (χ4v) is 2.48. The summed E-state index contributed by atoms with van der Waals surface area (Å²) < 4.78 is 40.2. The Kier molecular flexibility index (Phi) is 5.11. The van der Waals surface area contributed by atoms with Crippen LogP contribution >= 0.6 is 0 Å². The predicted molar refractivity (Wildman–Crippen MR) is 93.8 cm³/mol. The smallest absolute Gasteiger partial charge is 0.363 e. The number of imidazole rings is 1. The highest BCUT2D eigenvalue weighted by molar-refractivity contribution is 5.86. The fourth-order valence-electron chi connectivity index (χ4n) is 2.48. The van der Waals surface area contributed by atoms with Gasteiger partial charge < -0.3 is 15.0 Å². The van der Waals surface area contributed by atoms with Gasteiger partial charge in [0.2, 0.25) is 5.91 Å². The third-order valence-electron chi connectivity index (χ3n) is 3.77. The largest absolute Gasteiger partial charge is 0.416 e. The summed E-state index contributed by atoms with van der Waals surface area (Å²) in [5, 5.41) is 5.64. The van der Waals surface area contributed by atoms with Gasteiger partial charge in [-0.1, -0.05) is 18.7 Å². The Hall–Kier alpha value is -3.36. The second-order valence-corrected chi connectivity index (χ2v) is 5.71. The van der Waals surface area contributed by atoms with Crippen molar-refractivity contribution < 1.29 is 18.0 Å². The first kappa shape index (κ1) is 18.4. The summed E-state index contributed by atoms with van der Waals surface area (Å²) in [5.41, 5.74) is 0.839. The first-order valence-electron chi connectivity index (χ1n) is 7.99. The summed E-state index contributed by atoms with van der Waals surface area (Å²) in [6.07, 6.45) is 1.77. The second kappa shape index (κ2) is 7.48. The molecule has 0 aliphatic rings. The van der Waals surface area contributed by atoms with Crippen LogP contribution in [0.1, 0.15) is 16.8 Å². The normalized spacial score (nSPS) is 11.4. The molecule has 0 atom stereocenters. The van der Waals surface area contributed by atoms with Crippen molar-refractivity contribution in [2.75, 3.05) is 5.32 Å². The second-order valence-electron chi connectivity index (χ2n) is 5.71. The van der Waals surface area contributed by atoms with E-state index in [9.17, 15) is 18.0 Å². The van der Waals surface area contributed by atoms with Crippen molar-refractivity contribution in [3.63, 3.8) is 0 Å². The topological polar surface area (TPSA) is 71.3 Å². The minimum Gasteiger partial charge on any atom is -0.363 e. The first-order chi connectivity index (χ1) is 12.9. The van der Waals surface area contributed by atoms with Gasteiger partial charge in [-0.2, -0.15) is 13.2 Å². The number of hydrogen-bond acceptors (Lipinski definition) is 4. The van der Waals surface area contributed by atoms with Crippen LogP contribution in [0.5, 0.6) is 0 Å². The van der Waals surface area contributed by atoms with Crippen molar-refractivity contribution in [3.05, 3.63) is 72.3 Å². The number of fused-ring (bicyclic) bond motifs is 1. The molecule has 0 spiro atoms. The van der Waals surface area contributed by atoms with Crippen molar-refractivity contribution in [2.24, 2.45) is 0 Å².